The molecule has 0 aliphatic rings. The number of aryl methyl sites for hydroxylation is 1. The van der Waals surface area contributed by atoms with Crippen LogP contribution in [0.15, 0.2) is 48.5 Å². The van der Waals surface area contributed by atoms with E-state index in [4.69, 9.17) is 16.3 Å². The van der Waals surface area contributed by atoms with Crippen molar-refractivity contribution in [2.24, 2.45) is 0 Å². The third-order valence-corrected chi connectivity index (χ3v) is 4.24. The molecule has 0 radical (unpaired) electrons. The van der Waals surface area contributed by atoms with Crippen molar-refractivity contribution in [3.05, 3.63) is 70.4 Å². The van der Waals surface area contributed by atoms with Gasteiger partial charge in [0.2, 0.25) is 0 Å². The van der Waals surface area contributed by atoms with Crippen LogP contribution < -0.4 is 10.1 Å². The van der Waals surface area contributed by atoms with Crippen molar-refractivity contribution in [1.82, 2.24) is 10.3 Å². The van der Waals surface area contributed by atoms with Crippen LogP contribution in [-0.2, 0) is 6.42 Å². The number of pyridine rings is 1. The van der Waals surface area contributed by atoms with Gasteiger partial charge in [-0.2, -0.15) is 0 Å². The van der Waals surface area contributed by atoms with Crippen molar-refractivity contribution < 1.29 is 9.53 Å². The number of nitrogens with one attached hydrogen (secondary N) is 1. The van der Waals surface area contributed by atoms with Crippen molar-refractivity contribution in [2.75, 3.05) is 13.7 Å². The SMILES string of the molecule is COc1ccc(C)cc1CCNC(=O)c1ccc2nc(Cl)ccc2c1. The summed E-state index contributed by atoms with van der Waals surface area (Å²) < 4.78 is 5.37. The van der Waals surface area contributed by atoms with Crippen LogP contribution in [0.4, 0.5) is 0 Å². The second kappa shape index (κ2) is 7.53. The molecule has 3 rings (SSSR count). The summed E-state index contributed by atoms with van der Waals surface area (Å²) in [6.07, 6.45) is 0.710. The highest BCUT2D eigenvalue weighted by molar-refractivity contribution is 6.29. The average Bonchev–Trinajstić information content (AvgIpc) is 2.61. The second-order valence-corrected chi connectivity index (χ2v) is 6.25. The molecule has 0 bridgehead atoms. The van der Waals surface area contributed by atoms with Gasteiger partial charge in [0.25, 0.3) is 5.91 Å². The maximum atomic E-state index is 12.4. The van der Waals surface area contributed by atoms with Gasteiger partial charge in [0.05, 0.1) is 12.6 Å². The van der Waals surface area contributed by atoms with Gasteiger partial charge < -0.3 is 10.1 Å². The summed E-state index contributed by atoms with van der Waals surface area (Å²) in [4.78, 5) is 16.6. The second-order valence-electron chi connectivity index (χ2n) is 5.86. The summed E-state index contributed by atoms with van der Waals surface area (Å²) >= 11 is 5.88. The van der Waals surface area contributed by atoms with Gasteiger partial charge in [-0.05, 0) is 55.3 Å². The Kier molecular flexibility index (Phi) is 5.19. The zero-order valence-corrected chi connectivity index (χ0v) is 14.9. The van der Waals surface area contributed by atoms with Crippen molar-refractivity contribution >= 4 is 28.4 Å². The van der Waals surface area contributed by atoms with Gasteiger partial charge in [-0.15, -0.1) is 0 Å². The number of ether oxygens (including phenoxy) is 1. The molecule has 0 aliphatic carbocycles. The Hall–Kier alpha value is -2.59. The Morgan fingerprint density at radius 2 is 2.00 bits per heavy atom. The van der Waals surface area contributed by atoms with E-state index in [1.54, 1.807) is 25.3 Å². The smallest absolute Gasteiger partial charge is 0.251 e. The van der Waals surface area contributed by atoms with Crippen LogP contribution in [0.1, 0.15) is 21.5 Å². The molecule has 1 heterocycles. The van der Waals surface area contributed by atoms with Crippen LogP contribution in [0.3, 0.4) is 0 Å². The third-order valence-electron chi connectivity index (χ3n) is 4.03. The molecule has 0 unspecified atom stereocenters. The zero-order valence-electron chi connectivity index (χ0n) is 14.2. The van der Waals surface area contributed by atoms with Crippen molar-refractivity contribution in [3.63, 3.8) is 0 Å². The molecule has 1 N–H and O–H groups in total. The first-order valence-electron chi connectivity index (χ1n) is 8.05. The normalized spacial score (nSPS) is 10.7. The molecule has 0 atom stereocenters. The van der Waals surface area contributed by atoms with Crippen molar-refractivity contribution in [2.45, 2.75) is 13.3 Å². The minimum atomic E-state index is -0.108. The van der Waals surface area contributed by atoms with E-state index in [9.17, 15) is 4.79 Å². The van der Waals surface area contributed by atoms with E-state index in [2.05, 4.69) is 16.4 Å². The molecule has 128 valence electrons. The topological polar surface area (TPSA) is 51.2 Å². The van der Waals surface area contributed by atoms with Gasteiger partial charge in [-0.3, -0.25) is 4.79 Å². The van der Waals surface area contributed by atoms with Gasteiger partial charge in [0.15, 0.2) is 0 Å². The molecule has 0 saturated carbocycles. The molecular weight excluding hydrogens is 336 g/mol. The molecule has 1 amide bonds. The molecule has 0 spiro atoms. The third kappa shape index (κ3) is 4.09. The number of nitrogens with zero attached hydrogens (tertiary/aromatic N) is 1. The van der Waals surface area contributed by atoms with Crippen LogP contribution in [-0.4, -0.2) is 24.5 Å². The Bertz CT molecular complexity index is 925. The molecule has 1 aromatic heterocycles. The molecule has 25 heavy (non-hydrogen) atoms. The molecule has 2 aromatic carbocycles. The first kappa shape index (κ1) is 17.2. The highest BCUT2D eigenvalue weighted by atomic mass is 35.5. The van der Waals surface area contributed by atoms with Gasteiger partial charge in [-0.25, -0.2) is 4.98 Å². The number of hydrogen-bond donors (Lipinski definition) is 1. The fraction of sp³-hybridized carbons (Fsp3) is 0.200. The maximum absolute atomic E-state index is 12.4. The summed E-state index contributed by atoms with van der Waals surface area (Å²) in [7, 11) is 1.65. The quantitative estimate of drug-likeness (QED) is 0.699. The summed E-state index contributed by atoms with van der Waals surface area (Å²) in [5.41, 5.74) is 3.63. The number of fused-ring (bicyclic) bond motifs is 1. The van der Waals surface area contributed by atoms with E-state index in [0.717, 1.165) is 22.2 Å². The van der Waals surface area contributed by atoms with E-state index in [-0.39, 0.29) is 5.91 Å². The lowest BCUT2D eigenvalue weighted by molar-refractivity contribution is 0.0954. The molecule has 3 aromatic rings. The van der Waals surface area contributed by atoms with E-state index < -0.39 is 0 Å². The lowest BCUT2D eigenvalue weighted by atomic mass is 10.1. The molecule has 0 fully saturated rings. The van der Waals surface area contributed by atoms with E-state index in [0.29, 0.717) is 23.7 Å². The number of rotatable bonds is 5. The Labute approximate surface area is 151 Å². The number of benzene rings is 2. The van der Waals surface area contributed by atoms with Crippen molar-refractivity contribution in [3.8, 4) is 5.75 Å². The fourth-order valence-electron chi connectivity index (χ4n) is 2.76. The van der Waals surface area contributed by atoms with Crippen LogP contribution >= 0.6 is 11.6 Å². The number of carbonyl (C=O) groups is 1. The summed E-state index contributed by atoms with van der Waals surface area (Å²) in [5.74, 6) is 0.733. The van der Waals surface area contributed by atoms with Crippen LogP contribution in [0.5, 0.6) is 5.75 Å². The standard InChI is InChI=1S/C20H19ClN2O2/c1-13-3-7-18(25-2)15(11-13)9-10-22-20(24)16-4-6-17-14(12-16)5-8-19(21)23-17/h3-8,11-12H,9-10H2,1-2H3,(H,22,24). The number of aromatic nitrogens is 1. The number of amides is 1. The van der Waals surface area contributed by atoms with E-state index in [1.165, 1.54) is 5.56 Å². The summed E-state index contributed by atoms with van der Waals surface area (Å²) in [6, 6.07) is 15.0. The fourth-order valence-corrected chi connectivity index (χ4v) is 2.91. The molecular formula is C20H19ClN2O2. The highest BCUT2D eigenvalue weighted by Gasteiger charge is 2.08. The average molecular weight is 355 g/mol. The summed E-state index contributed by atoms with van der Waals surface area (Å²) in [5, 5.41) is 4.28. The highest BCUT2D eigenvalue weighted by Crippen LogP contribution is 2.20. The molecule has 5 heteroatoms. The minimum Gasteiger partial charge on any atom is -0.496 e. The Morgan fingerprint density at radius 1 is 1.16 bits per heavy atom. The number of hydrogen-bond acceptors (Lipinski definition) is 3. The predicted octanol–water partition coefficient (Wildman–Crippen LogP) is 4.18. The number of methoxy groups -OCH3 is 1. The number of halogens is 1. The maximum Gasteiger partial charge on any atom is 0.251 e. The predicted molar refractivity (Wildman–Crippen MR) is 101 cm³/mol. The van der Waals surface area contributed by atoms with Gasteiger partial charge in [0.1, 0.15) is 10.9 Å². The van der Waals surface area contributed by atoms with E-state index in [1.807, 2.05) is 31.2 Å². The van der Waals surface area contributed by atoms with Gasteiger partial charge >= 0.3 is 0 Å². The van der Waals surface area contributed by atoms with Crippen molar-refractivity contribution in [1.29, 1.82) is 0 Å². The van der Waals surface area contributed by atoms with Crippen LogP contribution in [0, 0.1) is 6.92 Å². The van der Waals surface area contributed by atoms with Crippen LogP contribution in [0.25, 0.3) is 10.9 Å². The minimum absolute atomic E-state index is 0.108. The van der Waals surface area contributed by atoms with Gasteiger partial charge in [-0.1, -0.05) is 29.3 Å². The Balaban J connectivity index is 1.67. The first-order chi connectivity index (χ1) is 12.1. The lowest BCUT2D eigenvalue weighted by Crippen LogP contribution is -2.25. The largest absolute Gasteiger partial charge is 0.496 e. The lowest BCUT2D eigenvalue weighted by Gasteiger charge is -2.10. The van der Waals surface area contributed by atoms with E-state index >= 15 is 0 Å². The number of carbonyl (C=O) groups excluding carboxylic acids is 1. The molecule has 0 saturated heterocycles. The van der Waals surface area contributed by atoms with Crippen LogP contribution in [0.2, 0.25) is 5.15 Å². The molecule has 4 nitrogen and oxygen atoms in total. The first-order valence-corrected chi connectivity index (χ1v) is 8.42. The van der Waals surface area contributed by atoms with Gasteiger partial charge in [0, 0.05) is 17.5 Å². The molecule has 0 aliphatic heterocycles. The zero-order chi connectivity index (χ0) is 17.8. The summed E-state index contributed by atoms with van der Waals surface area (Å²) in [6.45, 7) is 2.58. The Morgan fingerprint density at radius 3 is 2.80 bits per heavy atom. The monoisotopic (exact) mass is 354 g/mol.